The summed E-state index contributed by atoms with van der Waals surface area (Å²) in [6.45, 7) is 3.85. The number of carbonyl (C=O) groups excluding carboxylic acids is 1. The Morgan fingerprint density at radius 2 is 0.825 bits per heavy atom. The molecule has 3 aliphatic carbocycles. The van der Waals surface area contributed by atoms with Gasteiger partial charge in [0.15, 0.2) is 0 Å². The zero-order valence-corrected chi connectivity index (χ0v) is 25.9. The third kappa shape index (κ3) is 14.3. The third-order valence-corrected chi connectivity index (χ3v) is 9.27. The van der Waals surface area contributed by atoms with Gasteiger partial charge in [-0.1, -0.05) is 141 Å². The topological polar surface area (TPSA) is 54.0 Å². The van der Waals surface area contributed by atoms with E-state index in [0.29, 0.717) is 0 Å². The number of ether oxygens (including phenoxy) is 4. The molecule has 0 aliphatic heterocycles. The van der Waals surface area contributed by atoms with Crippen molar-refractivity contribution in [3.63, 3.8) is 0 Å². The molecule has 0 radical (unpaired) electrons. The minimum absolute atomic E-state index is 0.00268. The first-order chi connectivity index (χ1) is 19.7. The molecule has 3 rings (SSSR count). The number of carbonyl (C=O) groups is 1. The van der Waals surface area contributed by atoms with Crippen LogP contribution in [0.15, 0.2) is 12.7 Å². The monoisotopic (exact) mass is 562 g/mol. The molecule has 0 N–H and O–H groups in total. The molecule has 5 heteroatoms. The first kappa shape index (κ1) is 33.6. The van der Waals surface area contributed by atoms with Crippen LogP contribution in [0, 0.1) is 0 Å². The van der Waals surface area contributed by atoms with E-state index in [0.717, 1.165) is 64.2 Å². The largest absolute Gasteiger partial charge is 0.402 e. The highest BCUT2D eigenvalue weighted by Crippen LogP contribution is 2.32. The van der Waals surface area contributed by atoms with E-state index < -0.39 is 11.9 Å². The standard InChI is InChI=1S/C35H62O5/c1-2-34(36)40-35(38-32-26-20-14-8-4-9-15-21-27-32,39-33-28-22-16-10-5-11-17-23-29-33)30-37-31-24-18-12-6-3-7-13-19-25-31/h2,31-33H,1,3-30H2. The molecule has 0 heterocycles. The van der Waals surface area contributed by atoms with Crippen LogP contribution >= 0.6 is 0 Å². The molecule has 0 unspecified atom stereocenters. The lowest BCUT2D eigenvalue weighted by Crippen LogP contribution is -2.50. The molecular weight excluding hydrogens is 500 g/mol. The number of hydrogen-bond acceptors (Lipinski definition) is 5. The second-order valence-electron chi connectivity index (χ2n) is 12.9. The van der Waals surface area contributed by atoms with Crippen LogP contribution in [0.1, 0.15) is 173 Å². The fourth-order valence-corrected chi connectivity index (χ4v) is 6.82. The summed E-state index contributed by atoms with van der Waals surface area (Å²) in [6, 6.07) is 0. The lowest BCUT2D eigenvalue weighted by atomic mass is 9.98. The summed E-state index contributed by atoms with van der Waals surface area (Å²) in [7, 11) is 0. The summed E-state index contributed by atoms with van der Waals surface area (Å²) in [4.78, 5) is 12.8. The first-order valence-electron chi connectivity index (χ1n) is 17.5. The Labute approximate surface area is 246 Å². The lowest BCUT2D eigenvalue weighted by Gasteiger charge is -2.39. The predicted octanol–water partition coefficient (Wildman–Crippen LogP) is 10.1. The number of hydrogen-bond donors (Lipinski definition) is 0. The highest BCUT2D eigenvalue weighted by atomic mass is 16.9. The molecule has 5 nitrogen and oxygen atoms in total. The van der Waals surface area contributed by atoms with Crippen molar-refractivity contribution in [2.75, 3.05) is 6.61 Å². The molecule has 0 saturated heterocycles. The molecule has 3 fully saturated rings. The molecule has 0 aromatic carbocycles. The summed E-state index contributed by atoms with van der Waals surface area (Å²) >= 11 is 0. The van der Waals surface area contributed by atoms with Gasteiger partial charge in [0.25, 0.3) is 0 Å². The minimum atomic E-state index is -1.51. The molecule has 232 valence electrons. The van der Waals surface area contributed by atoms with Gasteiger partial charge in [0.05, 0.1) is 18.3 Å². The van der Waals surface area contributed by atoms with Gasteiger partial charge < -0.3 is 18.9 Å². The number of rotatable bonds is 9. The molecule has 40 heavy (non-hydrogen) atoms. The van der Waals surface area contributed by atoms with Gasteiger partial charge in [0.1, 0.15) is 6.61 Å². The third-order valence-electron chi connectivity index (χ3n) is 9.27. The summed E-state index contributed by atoms with van der Waals surface area (Å²) in [5.74, 6) is -2.00. The summed E-state index contributed by atoms with van der Waals surface area (Å²) < 4.78 is 26.5. The quantitative estimate of drug-likeness (QED) is 0.159. The molecular formula is C35H62O5. The van der Waals surface area contributed by atoms with Gasteiger partial charge in [-0.3, -0.25) is 0 Å². The van der Waals surface area contributed by atoms with E-state index in [1.807, 2.05) is 0 Å². The normalized spacial score (nSPS) is 23.6. The van der Waals surface area contributed by atoms with Crippen molar-refractivity contribution in [3.05, 3.63) is 12.7 Å². The van der Waals surface area contributed by atoms with E-state index in [4.69, 9.17) is 18.9 Å². The molecule has 0 aromatic rings. The van der Waals surface area contributed by atoms with Crippen LogP contribution in [-0.2, 0) is 23.7 Å². The van der Waals surface area contributed by atoms with Crippen LogP contribution in [0.25, 0.3) is 0 Å². The van der Waals surface area contributed by atoms with E-state index in [9.17, 15) is 4.79 Å². The van der Waals surface area contributed by atoms with Crippen LogP contribution in [0.2, 0.25) is 0 Å². The van der Waals surface area contributed by atoms with Gasteiger partial charge in [-0.2, -0.15) is 0 Å². The first-order valence-corrected chi connectivity index (χ1v) is 17.5. The van der Waals surface area contributed by atoms with Crippen LogP contribution < -0.4 is 0 Å². The lowest BCUT2D eigenvalue weighted by molar-refractivity contribution is -0.405. The zero-order valence-electron chi connectivity index (χ0n) is 25.9. The van der Waals surface area contributed by atoms with Crippen molar-refractivity contribution in [3.8, 4) is 0 Å². The van der Waals surface area contributed by atoms with E-state index >= 15 is 0 Å². The van der Waals surface area contributed by atoms with E-state index in [1.165, 1.54) is 115 Å². The second-order valence-corrected chi connectivity index (χ2v) is 12.9. The molecule has 0 atom stereocenters. The maximum Gasteiger partial charge on any atom is 0.354 e. The van der Waals surface area contributed by atoms with Gasteiger partial charge in [0, 0.05) is 6.08 Å². The maximum atomic E-state index is 12.8. The Morgan fingerprint density at radius 3 is 1.15 bits per heavy atom. The Balaban J connectivity index is 1.79. The average Bonchev–Trinajstić information content (AvgIpc) is 2.97. The highest BCUT2D eigenvalue weighted by molar-refractivity contribution is 5.81. The minimum Gasteiger partial charge on any atom is -0.402 e. The van der Waals surface area contributed by atoms with Crippen LogP contribution in [-0.4, -0.2) is 36.9 Å². The summed E-state index contributed by atoms with van der Waals surface area (Å²) in [5.41, 5.74) is 0. The fraction of sp³-hybridized carbons (Fsp3) is 0.914. The van der Waals surface area contributed by atoms with Crippen molar-refractivity contribution >= 4 is 5.97 Å². The van der Waals surface area contributed by atoms with Crippen LogP contribution in [0.3, 0.4) is 0 Å². The predicted molar refractivity (Wildman–Crippen MR) is 163 cm³/mol. The molecule has 0 spiro atoms. The van der Waals surface area contributed by atoms with E-state index in [-0.39, 0.29) is 24.9 Å². The second kappa shape index (κ2) is 20.9. The Bertz CT molecular complexity index is 606. The van der Waals surface area contributed by atoms with Gasteiger partial charge in [-0.05, 0) is 38.5 Å². The zero-order chi connectivity index (χ0) is 28.1. The average molecular weight is 563 g/mol. The maximum absolute atomic E-state index is 12.8. The molecule has 0 bridgehead atoms. The molecule has 0 amide bonds. The van der Waals surface area contributed by atoms with E-state index in [1.54, 1.807) is 0 Å². The van der Waals surface area contributed by atoms with Crippen LogP contribution in [0.4, 0.5) is 0 Å². The smallest absolute Gasteiger partial charge is 0.354 e. The molecule has 3 aliphatic rings. The Hall–Kier alpha value is -0.910. The van der Waals surface area contributed by atoms with Crippen LogP contribution in [0.5, 0.6) is 0 Å². The summed E-state index contributed by atoms with van der Waals surface area (Å²) in [6.07, 6.45) is 33.7. The van der Waals surface area contributed by atoms with E-state index in [2.05, 4.69) is 6.58 Å². The fourth-order valence-electron chi connectivity index (χ4n) is 6.82. The number of esters is 1. The van der Waals surface area contributed by atoms with Crippen molar-refractivity contribution in [2.24, 2.45) is 0 Å². The SMILES string of the molecule is C=CC(=O)OC(COC1CCCCCCCCC1)(OC1CCCCCCCCC1)OC1CCCCCCCCC1. The highest BCUT2D eigenvalue weighted by Gasteiger charge is 2.43. The molecule has 3 saturated carbocycles. The summed E-state index contributed by atoms with van der Waals surface area (Å²) in [5, 5.41) is 0. The van der Waals surface area contributed by atoms with Crippen molar-refractivity contribution < 1.29 is 23.7 Å². The van der Waals surface area contributed by atoms with Crippen molar-refractivity contribution in [2.45, 2.75) is 198 Å². The van der Waals surface area contributed by atoms with Gasteiger partial charge in [0.2, 0.25) is 0 Å². The Morgan fingerprint density at radius 1 is 0.525 bits per heavy atom. The van der Waals surface area contributed by atoms with Crippen molar-refractivity contribution in [1.82, 2.24) is 0 Å². The van der Waals surface area contributed by atoms with Gasteiger partial charge in [-0.25, -0.2) is 4.79 Å². The van der Waals surface area contributed by atoms with Gasteiger partial charge in [-0.15, -0.1) is 0 Å². The molecule has 0 aromatic heterocycles. The Kier molecular flexibility index (Phi) is 17.5. The van der Waals surface area contributed by atoms with Crippen molar-refractivity contribution in [1.29, 1.82) is 0 Å². The van der Waals surface area contributed by atoms with Gasteiger partial charge >= 0.3 is 11.9 Å².